The van der Waals surface area contributed by atoms with Gasteiger partial charge in [-0.05, 0) is 41.3 Å². The molecule has 1 aromatic heterocycles. The van der Waals surface area contributed by atoms with E-state index in [1.165, 1.54) is 21.9 Å². The maximum absolute atomic E-state index is 12.1. The Kier molecular flexibility index (Phi) is 3.96. The minimum atomic E-state index is -0.0602. The Morgan fingerprint density at radius 2 is 1.82 bits per heavy atom. The van der Waals surface area contributed by atoms with Crippen molar-refractivity contribution in [3.05, 3.63) is 75.7 Å². The van der Waals surface area contributed by atoms with Gasteiger partial charge in [0.1, 0.15) is 5.69 Å². The summed E-state index contributed by atoms with van der Waals surface area (Å²) >= 11 is 0. The number of pyridine rings is 1. The average molecular weight is 292 g/mol. The fourth-order valence-electron chi connectivity index (χ4n) is 2.80. The summed E-state index contributed by atoms with van der Waals surface area (Å²) in [5.74, 6) is 0. The Labute approximate surface area is 130 Å². The standard InChI is InChI=1S/C19H20N2O/c1-3-14-11-18(19(22)21-13(14)2)20-12-16-9-6-8-15-7-4-5-10-17(15)16/h4-11,20H,3,12H2,1-2H3,(H,21,22). The molecule has 0 fully saturated rings. The fraction of sp³-hybridized carbons (Fsp3) is 0.211. The summed E-state index contributed by atoms with van der Waals surface area (Å²) in [5, 5.41) is 5.72. The third-order valence-electron chi connectivity index (χ3n) is 4.08. The predicted molar refractivity (Wildman–Crippen MR) is 92.5 cm³/mol. The number of aryl methyl sites for hydroxylation is 2. The number of aromatic amines is 1. The molecule has 0 spiro atoms. The number of aromatic nitrogens is 1. The molecule has 2 aromatic carbocycles. The summed E-state index contributed by atoms with van der Waals surface area (Å²) in [4.78, 5) is 15.0. The number of H-pyrrole nitrogens is 1. The van der Waals surface area contributed by atoms with E-state index in [4.69, 9.17) is 0 Å². The van der Waals surface area contributed by atoms with Crippen LogP contribution in [0, 0.1) is 6.92 Å². The maximum Gasteiger partial charge on any atom is 0.271 e. The van der Waals surface area contributed by atoms with E-state index in [-0.39, 0.29) is 5.56 Å². The van der Waals surface area contributed by atoms with E-state index in [9.17, 15) is 4.79 Å². The Hall–Kier alpha value is -2.55. The first kappa shape index (κ1) is 14.4. The SMILES string of the molecule is CCc1cc(NCc2cccc3ccccc23)c(=O)[nH]c1C. The number of rotatable bonds is 4. The van der Waals surface area contributed by atoms with Crippen LogP contribution in [0.2, 0.25) is 0 Å². The lowest BCUT2D eigenvalue weighted by Crippen LogP contribution is -2.16. The summed E-state index contributed by atoms with van der Waals surface area (Å²) < 4.78 is 0. The van der Waals surface area contributed by atoms with Crippen LogP contribution in [0.1, 0.15) is 23.7 Å². The lowest BCUT2D eigenvalue weighted by molar-refractivity contribution is 1.02. The van der Waals surface area contributed by atoms with Gasteiger partial charge in [0.15, 0.2) is 0 Å². The van der Waals surface area contributed by atoms with Crippen molar-refractivity contribution in [1.82, 2.24) is 4.98 Å². The molecule has 2 N–H and O–H groups in total. The van der Waals surface area contributed by atoms with Crippen LogP contribution in [-0.4, -0.2) is 4.98 Å². The minimum absolute atomic E-state index is 0.0602. The average Bonchev–Trinajstić information content (AvgIpc) is 2.54. The number of hydrogen-bond acceptors (Lipinski definition) is 2. The number of nitrogens with one attached hydrogen (secondary N) is 2. The molecule has 3 nitrogen and oxygen atoms in total. The third kappa shape index (κ3) is 2.75. The van der Waals surface area contributed by atoms with E-state index in [1.807, 2.05) is 25.1 Å². The van der Waals surface area contributed by atoms with Crippen molar-refractivity contribution in [3.63, 3.8) is 0 Å². The largest absolute Gasteiger partial charge is 0.376 e. The van der Waals surface area contributed by atoms with Gasteiger partial charge in [0.05, 0.1) is 0 Å². The van der Waals surface area contributed by atoms with Crippen molar-refractivity contribution < 1.29 is 0 Å². The molecule has 22 heavy (non-hydrogen) atoms. The Morgan fingerprint density at radius 3 is 2.64 bits per heavy atom. The first-order valence-electron chi connectivity index (χ1n) is 7.62. The highest BCUT2D eigenvalue weighted by atomic mass is 16.1. The molecule has 0 unspecified atom stereocenters. The molecule has 0 aliphatic heterocycles. The zero-order chi connectivity index (χ0) is 15.5. The molecule has 0 amide bonds. The van der Waals surface area contributed by atoms with Crippen molar-refractivity contribution in [2.45, 2.75) is 26.8 Å². The molecule has 0 saturated carbocycles. The van der Waals surface area contributed by atoms with E-state index in [1.54, 1.807) is 0 Å². The van der Waals surface area contributed by atoms with Crippen LogP contribution in [0.3, 0.4) is 0 Å². The smallest absolute Gasteiger partial charge is 0.271 e. The minimum Gasteiger partial charge on any atom is -0.376 e. The highest BCUT2D eigenvalue weighted by molar-refractivity contribution is 5.85. The van der Waals surface area contributed by atoms with Gasteiger partial charge in [-0.15, -0.1) is 0 Å². The number of anilines is 1. The first-order chi connectivity index (χ1) is 10.7. The monoisotopic (exact) mass is 292 g/mol. The second-order valence-corrected chi connectivity index (χ2v) is 5.51. The van der Waals surface area contributed by atoms with Gasteiger partial charge in [0.2, 0.25) is 0 Å². The zero-order valence-corrected chi connectivity index (χ0v) is 12.9. The Bertz CT molecular complexity index is 859. The van der Waals surface area contributed by atoms with Gasteiger partial charge >= 0.3 is 0 Å². The number of benzene rings is 2. The van der Waals surface area contributed by atoms with Gasteiger partial charge in [-0.1, -0.05) is 49.4 Å². The van der Waals surface area contributed by atoms with Crippen molar-refractivity contribution in [2.75, 3.05) is 5.32 Å². The van der Waals surface area contributed by atoms with E-state index in [2.05, 4.69) is 47.6 Å². The van der Waals surface area contributed by atoms with Crippen LogP contribution in [0.15, 0.2) is 53.3 Å². The molecular formula is C19H20N2O. The van der Waals surface area contributed by atoms with Gasteiger partial charge in [-0.25, -0.2) is 0 Å². The quantitative estimate of drug-likeness (QED) is 0.763. The van der Waals surface area contributed by atoms with Crippen molar-refractivity contribution >= 4 is 16.5 Å². The topological polar surface area (TPSA) is 44.9 Å². The molecule has 3 aromatic rings. The highest BCUT2D eigenvalue weighted by Gasteiger charge is 2.05. The van der Waals surface area contributed by atoms with Gasteiger partial charge in [-0.3, -0.25) is 4.79 Å². The summed E-state index contributed by atoms with van der Waals surface area (Å²) in [6.45, 7) is 4.67. The van der Waals surface area contributed by atoms with Crippen LogP contribution in [-0.2, 0) is 13.0 Å². The van der Waals surface area contributed by atoms with E-state index < -0.39 is 0 Å². The van der Waals surface area contributed by atoms with Crippen molar-refractivity contribution in [2.24, 2.45) is 0 Å². The van der Waals surface area contributed by atoms with Crippen molar-refractivity contribution in [1.29, 1.82) is 0 Å². The zero-order valence-electron chi connectivity index (χ0n) is 12.9. The van der Waals surface area contributed by atoms with Gasteiger partial charge in [-0.2, -0.15) is 0 Å². The first-order valence-corrected chi connectivity index (χ1v) is 7.62. The van der Waals surface area contributed by atoms with Crippen LogP contribution in [0.4, 0.5) is 5.69 Å². The lowest BCUT2D eigenvalue weighted by atomic mass is 10.0. The van der Waals surface area contributed by atoms with E-state index in [0.29, 0.717) is 12.2 Å². The third-order valence-corrected chi connectivity index (χ3v) is 4.08. The maximum atomic E-state index is 12.1. The second kappa shape index (κ2) is 6.06. The molecular weight excluding hydrogens is 272 g/mol. The van der Waals surface area contributed by atoms with Crippen LogP contribution < -0.4 is 10.9 Å². The normalized spacial score (nSPS) is 10.8. The molecule has 0 atom stereocenters. The lowest BCUT2D eigenvalue weighted by Gasteiger charge is -2.11. The van der Waals surface area contributed by atoms with E-state index >= 15 is 0 Å². The fourth-order valence-corrected chi connectivity index (χ4v) is 2.80. The summed E-state index contributed by atoms with van der Waals surface area (Å²) in [7, 11) is 0. The van der Waals surface area contributed by atoms with Crippen LogP contribution in [0.25, 0.3) is 10.8 Å². The highest BCUT2D eigenvalue weighted by Crippen LogP contribution is 2.19. The molecule has 0 aliphatic rings. The molecule has 112 valence electrons. The Balaban J connectivity index is 1.90. The predicted octanol–water partition coefficient (Wildman–Crippen LogP) is 4.01. The van der Waals surface area contributed by atoms with Gasteiger partial charge in [0, 0.05) is 12.2 Å². The molecule has 0 aliphatic carbocycles. The molecule has 0 radical (unpaired) electrons. The summed E-state index contributed by atoms with van der Waals surface area (Å²) in [5.41, 5.74) is 3.88. The Morgan fingerprint density at radius 1 is 1.05 bits per heavy atom. The number of hydrogen-bond donors (Lipinski definition) is 2. The van der Waals surface area contributed by atoms with E-state index in [0.717, 1.165) is 12.1 Å². The molecule has 3 rings (SSSR count). The van der Waals surface area contributed by atoms with Gasteiger partial charge < -0.3 is 10.3 Å². The molecule has 1 heterocycles. The second-order valence-electron chi connectivity index (χ2n) is 5.51. The van der Waals surface area contributed by atoms with Gasteiger partial charge in [0.25, 0.3) is 5.56 Å². The summed E-state index contributed by atoms with van der Waals surface area (Å²) in [6.07, 6.45) is 0.908. The number of fused-ring (bicyclic) bond motifs is 1. The van der Waals surface area contributed by atoms with Crippen molar-refractivity contribution in [3.8, 4) is 0 Å². The summed E-state index contributed by atoms with van der Waals surface area (Å²) in [6, 6.07) is 16.5. The van der Waals surface area contributed by atoms with Crippen LogP contribution >= 0.6 is 0 Å². The molecule has 0 saturated heterocycles. The molecule has 0 bridgehead atoms. The molecule has 3 heteroatoms. The van der Waals surface area contributed by atoms with Crippen LogP contribution in [0.5, 0.6) is 0 Å².